The standard InChI is InChI=1S/C22H19Cl2NO3/c1-21(2)19(20(26)27-14-25)22(21,13-18(23)24)12-15-8-6-7-11-17(15)28-16-9-4-3-5-10-16/h3-11,13,19H,12H2,1-2H3. The predicted molar refractivity (Wildman–Crippen MR) is 108 cm³/mol. The first-order valence-electron chi connectivity index (χ1n) is 8.76. The van der Waals surface area contributed by atoms with Crippen LogP contribution in [0.5, 0.6) is 11.5 Å². The lowest BCUT2D eigenvalue weighted by Crippen LogP contribution is -2.14. The second-order valence-corrected chi connectivity index (χ2v) is 8.35. The van der Waals surface area contributed by atoms with Gasteiger partial charge < -0.3 is 9.47 Å². The molecule has 3 rings (SSSR count). The van der Waals surface area contributed by atoms with E-state index >= 15 is 0 Å². The lowest BCUT2D eigenvalue weighted by molar-refractivity contribution is -0.139. The Labute approximate surface area is 174 Å². The van der Waals surface area contributed by atoms with Crippen LogP contribution in [0.1, 0.15) is 19.4 Å². The molecule has 0 spiro atoms. The molecule has 4 nitrogen and oxygen atoms in total. The maximum atomic E-state index is 12.4. The molecule has 2 unspecified atom stereocenters. The summed E-state index contributed by atoms with van der Waals surface area (Å²) in [6.07, 6.45) is 3.60. The highest BCUT2D eigenvalue weighted by Gasteiger charge is 2.73. The third-order valence-electron chi connectivity index (χ3n) is 5.53. The molecule has 1 saturated carbocycles. The number of rotatable bonds is 6. The second kappa shape index (κ2) is 7.87. The molecule has 0 amide bonds. The van der Waals surface area contributed by atoms with Gasteiger partial charge in [0.05, 0.1) is 5.92 Å². The molecule has 1 aliphatic carbocycles. The molecule has 28 heavy (non-hydrogen) atoms. The van der Waals surface area contributed by atoms with Crippen molar-refractivity contribution in [3.05, 3.63) is 70.7 Å². The van der Waals surface area contributed by atoms with Gasteiger partial charge in [-0.2, -0.15) is 0 Å². The van der Waals surface area contributed by atoms with Crippen molar-refractivity contribution in [3.8, 4) is 17.8 Å². The Kier molecular flexibility index (Phi) is 5.69. The average Bonchev–Trinajstić information content (AvgIpc) is 3.10. The van der Waals surface area contributed by atoms with E-state index in [-0.39, 0.29) is 4.49 Å². The number of nitriles is 1. The van der Waals surface area contributed by atoms with Gasteiger partial charge in [0.25, 0.3) is 6.26 Å². The number of nitrogens with zero attached hydrogens (tertiary/aromatic N) is 1. The summed E-state index contributed by atoms with van der Waals surface area (Å²) in [6, 6.07) is 17.1. The van der Waals surface area contributed by atoms with E-state index < -0.39 is 22.7 Å². The highest BCUT2D eigenvalue weighted by atomic mass is 35.5. The number of ether oxygens (including phenoxy) is 2. The summed E-state index contributed by atoms with van der Waals surface area (Å²) in [5.41, 5.74) is -0.274. The summed E-state index contributed by atoms with van der Waals surface area (Å²) in [6.45, 7) is 3.87. The first-order valence-corrected chi connectivity index (χ1v) is 9.52. The van der Waals surface area contributed by atoms with Crippen LogP contribution in [-0.2, 0) is 16.0 Å². The van der Waals surface area contributed by atoms with E-state index in [1.807, 2.05) is 68.4 Å². The molecule has 1 aliphatic rings. The fourth-order valence-electron chi connectivity index (χ4n) is 4.02. The minimum Gasteiger partial charge on any atom is -0.457 e. The maximum absolute atomic E-state index is 12.4. The van der Waals surface area contributed by atoms with Crippen LogP contribution >= 0.6 is 23.2 Å². The van der Waals surface area contributed by atoms with Crippen molar-refractivity contribution in [2.45, 2.75) is 20.3 Å². The van der Waals surface area contributed by atoms with Crippen molar-refractivity contribution in [2.75, 3.05) is 0 Å². The zero-order chi connectivity index (χ0) is 20.4. The minimum atomic E-state index is -0.685. The van der Waals surface area contributed by atoms with E-state index in [9.17, 15) is 4.79 Å². The molecule has 0 aromatic heterocycles. The van der Waals surface area contributed by atoms with Crippen molar-refractivity contribution in [2.24, 2.45) is 16.7 Å². The van der Waals surface area contributed by atoms with Gasteiger partial charge in [-0.05, 0) is 41.7 Å². The van der Waals surface area contributed by atoms with Gasteiger partial charge in [-0.3, -0.25) is 4.79 Å². The molecule has 0 N–H and O–H groups in total. The van der Waals surface area contributed by atoms with Gasteiger partial charge in [-0.1, -0.05) is 73.4 Å². The molecule has 0 saturated heterocycles. The fraction of sp³-hybridized carbons (Fsp3) is 0.273. The third kappa shape index (κ3) is 3.73. The van der Waals surface area contributed by atoms with E-state index in [1.165, 1.54) is 6.26 Å². The highest BCUT2D eigenvalue weighted by Crippen LogP contribution is 2.72. The molecule has 0 heterocycles. The van der Waals surface area contributed by atoms with Gasteiger partial charge in [0, 0.05) is 5.41 Å². The van der Waals surface area contributed by atoms with Crippen molar-refractivity contribution in [1.29, 1.82) is 5.26 Å². The average molecular weight is 416 g/mol. The van der Waals surface area contributed by atoms with Gasteiger partial charge in [-0.25, -0.2) is 0 Å². The van der Waals surface area contributed by atoms with Crippen LogP contribution < -0.4 is 4.74 Å². The Morgan fingerprint density at radius 1 is 1.14 bits per heavy atom. The monoisotopic (exact) mass is 415 g/mol. The molecular formula is C22H19Cl2NO3. The number of benzene rings is 2. The van der Waals surface area contributed by atoms with E-state index in [4.69, 9.17) is 33.2 Å². The first-order chi connectivity index (χ1) is 13.3. The number of esters is 1. The number of allylic oxidation sites excluding steroid dienone is 1. The SMILES string of the molecule is CC1(C)C(C(=O)OC#N)C1(C=C(Cl)Cl)Cc1ccccc1Oc1ccccc1. The molecule has 1 fully saturated rings. The number of hydrogen-bond donors (Lipinski definition) is 0. The van der Waals surface area contributed by atoms with Crippen LogP contribution in [0.4, 0.5) is 0 Å². The number of carbonyl (C=O) groups is 1. The van der Waals surface area contributed by atoms with Crippen molar-refractivity contribution < 1.29 is 14.3 Å². The number of carbonyl (C=O) groups excluding carboxylic acids is 1. The number of para-hydroxylation sites is 2. The molecule has 0 radical (unpaired) electrons. The molecule has 144 valence electrons. The van der Waals surface area contributed by atoms with Gasteiger partial charge in [0.1, 0.15) is 16.0 Å². The molecule has 6 heteroatoms. The van der Waals surface area contributed by atoms with Gasteiger partial charge in [0.2, 0.25) is 0 Å². The zero-order valence-corrected chi connectivity index (χ0v) is 17.0. The van der Waals surface area contributed by atoms with Crippen LogP contribution in [0.15, 0.2) is 65.2 Å². The van der Waals surface area contributed by atoms with Crippen molar-refractivity contribution in [1.82, 2.24) is 0 Å². The lowest BCUT2D eigenvalue weighted by Gasteiger charge is -2.19. The van der Waals surface area contributed by atoms with Gasteiger partial charge in [-0.15, -0.1) is 5.26 Å². The van der Waals surface area contributed by atoms with E-state index in [1.54, 1.807) is 6.08 Å². The summed E-state index contributed by atoms with van der Waals surface area (Å²) < 4.78 is 10.7. The Hall–Kier alpha value is -2.48. The zero-order valence-electron chi connectivity index (χ0n) is 15.5. The Morgan fingerprint density at radius 2 is 1.79 bits per heavy atom. The Balaban J connectivity index is 1.97. The number of halogens is 2. The smallest absolute Gasteiger partial charge is 0.326 e. The summed E-state index contributed by atoms with van der Waals surface area (Å²) >= 11 is 12.0. The third-order valence-corrected chi connectivity index (χ3v) is 5.75. The Bertz CT molecular complexity index is 946. The van der Waals surface area contributed by atoms with Crippen LogP contribution in [0.25, 0.3) is 0 Å². The second-order valence-electron chi connectivity index (χ2n) is 7.34. The van der Waals surface area contributed by atoms with Crippen LogP contribution in [-0.4, -0.2) is 5.97 Å². The maximum Gasteiger partial charge on any atom is 0.326 e. The highest BCUT2D eigenvalue weighted by molar-refractivity contribution is 6.55. The van der Waals surface area contributed by atoms with Crippen LogP contribution in [0, 0.1) is 28.3 Å². The van der Waals surface area contributed by atoms with Gasteiger partial charge >= 0.3 is 5.97 Å². The summed E-state index contributed by atoms with van der Waals surface area (Å²) in [7, 11) is 0. The van der Waals surface area contributed by atoms with E-state index in [2.05, 4.69) is 4.74 Å². The van der Waals surface area contributed by atoms with E-state index in [0.29, 0.717) is 17.9 Å². The first kappa shape index (κ1) is 20.3. The van der Waals surface area contributed by atoms with E-state index in [0.717, 1.165) is 5.56 Å². The molecule has 2 aromatic carbocycles. The molecular weight excluding hydrogens is 397 g/mol. The normalized spacial score (nSPS) is 21.9. The quantitative estimate of drug-likeness (QED) is 0.428. The minimum absolute atomic E-state index is 0.0711. The molecule has 0 aliphatic heterocycles. The van der Waals surface area contributed by atoms with Crippen LogP contribution in [0.3, 0.4) is 0 Å². The summed E-state index contributed by atoms with van der Waals surface area (Å²) in [5, 5.41) is 8.75. The lowest BCUT2D eigenvalue weighted by atomic mass is 9.88. The summed E-state index contributed by atoms with van der Waals surface area (Å²) in [4.78, 5) is 12.4. The van der Waals surface area contributed by atoms with Crippen molar-refractivity contribution in [3.63, 3.8) is 0 Å². The Morgan fingerprint density at radius 3 is 2.43 bits per heavy atom. The summed E-state index contributed by atoms with van der Waals surface area (Å²) in [5.74, 6) is 0.268. The topological polar surface area (TPSA) is 59.3 Å². The largest absolute Gasteiger partial charge is 0.457 e. The van der Waals surface area contributed by atoms with Gasteiger partial charge in [0.15, 0.2) is 0 Å². The predicted octanol–water partition coefficient (Wildman–Crippen LogP) is 6.01. The molecule has 0 bridgehead atoms. The molecule has 2 aromatic rings. The fourth-order valence-corrected chi connectivity index (χ4v) is 4.41. The molecule has 2 atom stereocenters. The number of hydrogen-bond acceptors (Lipinski definition) is 4. The van der Waals surface area contributed by atoms with Crippen LogP contribution in [0.2, 0.25) is 0 Å². The van der Waals surface area contributed by atoms with Crippen molar-refractivity contribution >= 4 is 29.2 Å².